The fourth-order valence-electron chi connectivity index (χ4n) is 1.25. The molecule has 1 aromatic rings. The smallest absolute Gasteiger partial charge is 0.266 e. The van der Waals surface area contributed by atoms with Crippen LogP contribution in [0.3, 0.4) is 0 Å². The summed E-state index contributed by atoms with van der Waals surface area (Å²) < 4.78 is 24.8. The molecule has 0 aliphatic rings. The quantitative estimate of drug-likeness (QED) is 0.771. The van der Waals surface area contributed by atoms with Crippen molar-refractivity contribution in [3.8, 4) is 0 Å². The summed E-state index contributed by atoms with van der Waals surface area (Å²) in [6.07, 6.45) is 0. The molecule has 0 saturated carbocycles. The van der Waals surface area contributed by atoms with Crippen LogP contribution in [0, 0.1) is 6.92 Å². The number of hydrogen-bond donors (Lipinski definition) is 0. The molecule has 0 saturated heterocycles. The standard InChI is InChI=1S/C12H15NO3S/c1-9(2)12(14)13(4)17(15,16)11-7-5-10(3)6-8-11/h5-8H,1H2,2-4H3. The summed E-state index contributed by atoms with van der Waals surface area (Å²) in [6, 6.07) is 6.33. The Morgan fingerprint density at radius 3 is 2.12 bits per heavy atom. The highest BCUT2D eigenvalue weighted by Crippen LogP contribution is 2.16. The van der Waals surface area contributed by atoms with E-state index >= 15 is 0 Å². The first kappa shape index (κ1) is 13.4. The molecule has 0 spiro atoms. The molecule has 17 heavy (non-hydrogen) atoms. The van der Waals surface area contributed by atoms with Gasteiger partial charge in [-0.2, -0.15) is 0 Å². The van der Waals surface area contributed by atoms with Crippen molar-refractivity contribution in [2.45, 2.75) is 18.7 Å². The largest absolute Gasteiger partial charge is 0.268 e. The summed E-state index contributed by atoms with van der Waals surface area (Å²) in [5.41, 5.74) is 1.14. The van der Waals surface area contributed by atoms with Gasteiger partial charge in [0.05, 0.1) is 4.90 Å². The Morgan fingerprint density at radius 1 is 1.24 bits per heavy atom. The van der Waals surface area contributed by atoms with Crippen molar-refractivity contribution in [1.82, 2.24) is 4.31 Å². The third-order valence-electron chi connectivity index (χ3n) is 2.33. The molecule has 92 valence electrons. The Bertz CT molecular complexity index is 544. The lowest BCUT2D eigenvalue weighted by Crippen LogP contribution is -2.33. The van der Waals surface area contributed by atoms with Gasteiger partial charge in [0.2, 0.25) is 0 Å². The van der Waals surface area contributed by atoms with Gasteiger partial charge in [-0.25, -0.2) is 12.7 Å². The van der Waals surface area contributed by atoms with Gasteiger partial charge in [0.1, 0.15) is 0 Å². The number of nitrogens with zero attached hydrogens (tertiary/aromatic N) is 1. The fraction of sp³-hybridized carbons (Fsp3) is 0.250. The zero-order valence-electron chi connectivity index (χ0n) is 10.1. The first-order valence-corrected chi connectivity index (χ1v) is 6.46. The van der Waals surface area contributed by atoms with Crippen LogP contribution in [-0.4, -0.2) is 25.7 Å². The summed E-state index contributed by atoms with van der Waals surface area (Å²) in [5, 5.41) is 0. The average molecular weight is 253 g/mol. The second-order valence-corrected chi connectivity index (χ2v) is 5.84. The molecule has 1 amide bonds. The number of carbonyl (C=O) groups is 1. The zero-order valence-corrected chi connectivity index (χ0v) is 10.9. The second kappa shape index (κ2) is 4.71. The van der Waals surface area contributed by atoms with Crippen molar-refractivity contribution < 1.29 is 13.2 Å². The van der Waals surface area contributed by atoms with Crippen LogP contribution < -0.4 is 0 Å². The van der Waals surface area contributed by atoms with Crippen LogP contribution in [0.2, 0.25) is 0 Å². The van der Waals surface area contributed by atoms with Gasteiger partial charge in [0, 0.05) is 12.6 Å². The number of carbonyl (C=O) groups excluding carboxylic acids is 1. The van der Waals surface area contributed by atoms with E-state index in [0.29, 0.717) is 4.31 Å². The lowest BCUT2D eigenvalue weighted by atomic mass is 10.2. The molecule has 0 N–H and O–H groups in total. The lowest BCUT2D eigenvalue weighted by Gasteiger charge is -2.17. The average Bonchev–Trinajstić information content (AvgIpc) is 2.27. The van der Waals surface area contributed by atoms with Crippen LogP contribution in [0.1, 0.15) is 12.5 Å². The minimum absolute atomic E-state index is 0.0974. The molecule has 0 heterocycles. The Balaban J connectivity index is 3.16. The number of amides is 1. The molecular formula is C12H15NO3S. The third-order valence-corrected chi connectivity index (χ3v) is 4.09. The maximum absolute atomic E-state index is 12.1. The molecule has 0 atom stereocenters. The molecule has 0 fully saturated rings. The molecule has 0 aliphatic carbocycles. The highest BCUT2D eigenvalue weighted by atomic mass is 32.2. The van der Waals surface area contributed by atoms with Crippen molar-refractivity contribution in [1.29, 1.82) is 0 Å². The minimum atomic E-state index is -3.78. The molecule has 0 radical (unpaired) electrons. The van der Waals surface area contributed by atoms with E-state index in [1.807, 2.05) is 6.92 Å². The predicted octanol–water partition coefficient (Wildman–Crippen LogP) is 1.72. The summed E-state index contributed by atoms with van der Waals surface area (Å²) in [5.74, 6) is -0.606. The predicted molar refractivity (Wildman–Crippen MR) is 65.9 cm³/mol. The van der Waals surface area contributed by atoms with E-state index in [4.69, 9.17) is 0 Å². The third kappa shape index (κ3) is 2.74. The molecule has 1 rings (SSSR count). The number of sulfonamides is 1. The molecule has 4 nitrogen and oxygen atoms in total. The van der Waals surface area contributed by atoms with E-state index in [-0.39, 0.29) is 10.5 Å². The second-order valence-electron chi connectivity index (χ2n) is 3.87. The zero-order chi connectivity index (χ0) is 13.2. The summed E-state index contributed by atoms with van der Waals surface area (Å²) >= 11 is 0. The van der Waals surface area contributed by atoms with E-state index < -0.39 is 15.9 Å². The Labute approximate surface area is 102 Å². The van der Waals surface area contributed by atoms with Crippen molar-refractivity contribution in [2.24, 2.45) is 0 Å². The van der Waals surface area contributed by atoms with Crippen molar-refractivity contribution in [2.75, 3.05) is 7.05 Å². The van der Waals surface area contributed by atoms with Gasteiger partial charge >= 0.3 is 0 Å². The van der Waals surface area contributed by atoms with Crippen LogP contribution >= 0.6 is 0 Å². The summed E-state index contributed by atoms with van der Waals surface area (Å²) in [4.78, 5) is 11.7. The highest BCUT2D eigenvalue weighted by Gasteiger charge is 2.25. The van der Waals surface area contributed by atoms with Crippen LogP contribution in [0.25, 0.3) is 0 Å². The van der Waals surface area contributed by atoms with E-state index in [9.17, 15) is 13.2 Å². The topological polar surface area (TPSA) is 54.5 Å². The molecule has 0 aromatic heterocycles. The van der Waals surface area contributed by atoms with Gasteiger partial charge in [-0.3, -0.25) is 4.79 Å². The molecule has 0 unspecified atom stereocenters. The van der Waals surface area contributed by atoms with Crippen molar-refractivity contribution in [3.05, 3.63) is 42.0 Å². The molecule has 5 heteroatoms. The summed E-state index contributed by atoms with van der Waals surface area (Å²) in [6.45, 7) is 6.78. The minimum Gasteiger partial charge on any atom is -0.268 e. The number of likely N-dealkylation sites (N-methyl/N-ethyl adjacent to an activating group) is 1. The van der Waals surface area contributed by atoms with E-state index in [1.165, 1.54) is 26.1 Å². The van der Waals surface area contributed by atoms with Crippen molar-refractivity contribution in [3.63, 3.8) is 0 Å². The van der Waals surface area contributed by atoms with Gasteiger partial charge in [-0.05, 0) is 26.0 Å². The Kier molecular flexibility index (Phi) is 3.72. The number of benzene rings is 1. The van der Waals surface area contributed by atoms with Gasteiger partial charge in [0.15, 0.2) is 0 Å². The van der Waals surface area contributed by atoms with Crippen LogP contribution in [0.4, 0.5) is 0 Å². The van der Waals surface area contributed by atoms with Gasteiger partial charge < -0.3 is 0 Å². The van der Waals surface area contributed by atoms with Crippen LogP contribution in [-0.2, 0) is 14.8 Å². The number of aryl methyl sites for hydroxylation is 1. The normalized spacial score (nSPS) is 11.0. The van der Waals surface area contributed by atoms with Gasteiger partial charge in [0.25, 0.3) is 15.9 Å². The van der Waals surface area contributed by atoms with E-state index in [1.54, 1.807) is 12.1 Å². The van der Waals surface area contributed by atoms with Crippen LogP contribution in [0.5, 0.6) is 0 Å². The lowest BCUT2D eigenvalue weighted by molar-refractivity contribution is -0.121. The summed E-state index contributed by atoms with van der Waals surface area (Å²) in [7, 11) is -2.55. The van der Waals surface area contributed by atoms with Crippen LogP contribution in [0.15, 0.2) is 41.3 Å². The van der Waals surface area contributed by atoms with Gasteiger partial charge in [-0.1, -0.05) is 24.3 Å². The Morgan fingerprint density at radius 2 is 1.71 bits per heavy atom. The van der Waals surface area contributed by atoms with Crippen molar-refractivity contribution >= 4 is 15.9 Å². The first-order chi connectivity index (χ1) is 7.76. The first-order valence-electron chi connectivity index (χ1n) is 5.02. The SMILES string of the molecule is C=C(C)C(=O)N(C)S(=O)(=O)c1ccc(C)cc1. The Hall–Kier alpha value is -1.62. The maximum atomic E-state index is 12.1. The van der Waals surface area contributed by atoms with E-state index in [0.717, 1.165) is 5.56 Å². The molecule has 1 aromatic carbocycles. The monoisotopic (exact) mass is 253 g/mol. The van der Waals surface area contributed by atoms with E-state index in [2.05, 4.69) is 6.58 Å². The molecule has 0 bridgehead atoms. The number of rotatable bonds is 3. The highest BCUT2D eigenvalue weighted by molar-refractivity contribution is 7.89. The molecule has 0 aliphatic heterocycles. The number of hydrogen-bond acceptors (Lipinski definition) is 3. The van der Waals surface area contributed by atoms with Gasteiger partial charge in [-0.15, -0.1) is 0 Å². The fourth-order valence-corrected chi connectivity index (χ4v) is 2.42. The maximum Gasteiger partial charge on any atom is 0.266 e. The molecular weight excluding hydrogens is 238 g/mol.